The minimum Gasteiger partial charge on any atom is -0.379 e. The molecule has 2 N–H and O–H groups in total. The van der Waals surface area contributed by atoms with E-state index in [1.807, 2.05) is 13.1 Å². The Labute approximate surface area is 138 Å². The first-order chi connectivity index (χ1) is 11.2. The molecule has 0 spiro atoms. The van der Waals surface area contributed by atoms with Crippen molar-refractivity contribution in [2.75, 3.05) is 44.7 Å². The van der Waals surface area contributed by atoms with E-state index >= 15 is 0 Å². The van der Waals surface area contributed by atoms with Gasteiger partial charge in [0.1, 0.15) is 11.5 Å². The van der Waals surface area contributed by atoms with Crippen molar-refractivity contribution in [1.82, 2.24) is 25.0 Å². The summed E-state index contributed by atoms with van der Waals surface area (Å²) < 4.78 is 7.01. The summed E-state index contributed by atoms with van der Waals surface area (Å²) in [6, 6.07) is 1.85. The predicted octanol–water partition coefficient (Wildman–Crippen LogP) is 0.682. The summed E-state index contributed by atoms with van der Waals surface area (Å²) in [5.74, 6) is 0.686. The number of amides is 1. The number of aryl methyl sites for hydroxylation is 1. The molecule has 2 aromatic rings. The largest absolute Gasteiger partial charge is 0.379 e. The average Bonchev–Trinajstić information content (AvgIpc) is 3.19. The standard InChI is InChI=1S/C14H20N6O2S/c1-19-12(2-3-16-19)18-14-17-11(10-23-14)13(21)15-4-5-20-6-8-22-9-7-20/h2-3,10H,4-9H2,1H3,(H,15,21)(H,17,18). The second-order valence-electron chi connectivity index (χ2n) is 5.21. The number of ether oxygens (including phenoxy) is 1. The van der Waals surface area contributed by atoms with E-state index in [1.54, 1.807) is 16.3 Å². The molecular formula is C14H20N6O2S. The lowest BCUT2D eigenvalue weighted by atomic mass is 10.4. The van der Waals surface area contributed by atoms with E-state index in [-0.39, 0.29) is 5.91 Å². The lowest BCUT2D eigenvalue weighted by molar-refractivity contribution is 0.0383. The van der Waals surface area contributed by atoms with Crippen molar-refractivity contribution in [2.45, 2.75) is 0 Å². The van der Waals surface area contributed by atoms with Crippen LogP contribution in [0.2, 0.25) is 0 Å². The fourth-order valence-electron chi connectivity index (χ4n) is 2.28. The second kappa shape index (κ2) is 7.53. The third kappa shape index (κ3) is 4.27. The van der Waals surface area contributed by atoms with Gasteiger partial charge in [-0.3, -0.25) is 14.4 Å². The zero-order valence-corrected chi connectivity index (χ0v) is 13.8. The zero-order chi connectivity index (χ0) is 16.1. The Balaban J connectivity index is 1.47. The maximum atomic E-state index is 12.1. The molecule has 1 fully saturated rings. The number of nitrogens with zero attached hydrogens (tertiary/aromatic N) is 4. The van der Waals surface area contributed by atoms with Crippen LogP contribution >= 0.6 is 11.3 Å². The number of anilines is 2. The van der Waals surface area contributed by atoms with Gasteiger partial charge in [0.15, 0.2) is 5.13 Å². The van der Waals surface area contributed by atoms with Crippen molar-refractivity contribution in [1.29, 1.82) is 0 Å². The second-order valence-corrected chi connectivity index (χ2v) is 6.07. The highest BCUT2D eigenvalue weighted by molar-refractivity contribution is 7.14. The molecule has 0 saturated carbocycles. The van der Waals surface area contributed by atoms with Crippen LogP contribution in [-0.4, -0.2) is 65.0 Å². The summed E-state index contributed by atoms with van der Waals surface area (Å²) in [6.07, 6.45) is 1.70. The molecule has 1 aliphatic rings. The highest BCUT2D eigenvalue weighted by Gasteiger charge is 2.13. The highest BCUT2D eigenvalue weighted by Crippen LogP contribution is 2.20. The number of carbonyl (C=O) groups is 1. The third-order valence-electron chi connectivity index (χ3n) is 3.61. The monoisotopic (exact) mass is 336 g/mol. The maximum Gasteiger partial charge on any atom is 0.270 e. The molecule has 1 saturated heterocycles. The fraction of sp³-hybridized carbons (Fsp3) is 0.500. The minimum atomic E-state index is -0.146. The molecule has 0 aliphatic carbocycles. The topological polar surface area (TPSA) is 84.3 Å². The molecule has 8 nitrogen and oxygen atoms in total. The van der Waals surface area contributed by atoms with Gasteiger partial charge in [-0.15, -0.1) is 11.3 Å². The van der Waals surface area contributed by atoms with Gasteiger partial charge in [0.05, 0.1) is 19.4 Å². The lowest BCUT2D eigenvalue weighted by Gasteiger charge is -2.26. The first-order valence-corrected chi connectivity index (χ1v) is 8.39. The van der Waals surface area contributed by atoms with E-state index < -0.39 is 0 Å². The van der Waals surface area contributed by atoms with Crippen molar-refractivity contribution in [3.8, 4) is 0 Å². The molecule has 0 aromatic carbocycles. The van der Waals surface area contributed by atoms with E-state index in [0.29, 0.717) is 17.4 Å². The van der Waals surface area contributed by atoms with Crippen LogP contribution in [0.5, 0.6) is 0 Å². The molecule has 3 rings (SSSR count). The number of hydrogen-bond acceptors (Lipinski definition) is 7. The number of thiazole rings is 1. The Hall–Kier alpha value is -1.97. The Morgan fingerprint density at radius 2 is 2.26 bits per heavy atom. The van der Waals surface area contributed by atoms with Crippen LogP contribution in [0.25, 0.3) is 0 Å². The Morgan fingerprint density at radius 3 is 3.00 bits per heavy atom. The van der Waals surface area contributed by atoms with Crippen molar-refractivity contribution in [2.24, 2.45) is 7.05 Å². The van der Waals surface area contributed by atoms with Gasteiger partial charge in [0.25, 0.3) is 5.91 Å². The van der Waals surface area contributed by atoms with Gasteiger partial charge >= 0.3 is 0 Å². The van der Waals surface area contributed by atoms with Gasteiger partial charge < -0.3 is 15.4 Å². The molecule has 0 atom stereocenters. The number of hydrogen-bond donors (Lipinski definition) is 2. The summed E-state index contributed by atoms with van der Waals surface area (Å²) in [5, 5.41) is 12.6. The van der Waals surface area contributed by atoms with E-state index in [9.17, 15) is 4.79 Å². The quantitative estimate of drug-likeness (QED) is 0.807. The van der Waals surface area contributed by atoms with Gasteiger partial charge in [-0.25, -0.2) is 4.98 Å². The molecule has 1 aliphatic heterocycles. The number of morpholine rings is 1. The number of carbonyl (C=O) groups excluding carboxylic acids is 1. The first-order valence-electron chi connectivity index (χ1n) is 7.51. The Kier molecular flexibility index (Phi) is 5.21. The molecule has 124 valence electrons. The normalized spacial score (nSPS) is 15.5. The number of nitrogens with one attached hydrogen (secondary N) is 2. The summed E-state index contributed by atoms with van der Waals surface area (Å²) in [5.41, 5.74) is 0.432. The molecule has 1 amide bonds. The summed E-state index contributed by atoms with van der Waals surface area (Å²) >= 11 is 1.40. The lowest BCUT2D eigenvalue weighted by Crippen LogP contribution is -2.41. The van der Waals surface area contributed by atoms with Gasteiger partial charge in [-0.05, 0) is 0 Å². The molecule has 23 heavy (non-hydrogen) atoms. The maximum absolute atomic E-state index is 12.1. The molecular weight excluding hydrogens is 316 g/mol. The first kappa shape index (κ1) is 15.9. The summed E-state index contributed by atoms with van der Waals surface area (Å²) in [6.45, 7) is 4.82. The fourth-order valence-corrected chi connectivity index (χ4v) is 2.98. The van der Waals surface area contributed by atoms with Gasteiger partial charge in [-0.2, -0.15) is 5.10 Å². The van der Waals surface area contributed by atoms with E-state index in [0.717, 1.165) is 38.7 Å². The zero-order valence-electron chi connectivity index (χ0n) is 13.0. The third-order valence-corrected chi connectivity index (χ3v) is 4.37. The predicted molar refractivity (Wildman–Crippen MR) is 88.2 cm³/mol. The van der Waals surface area contributed by atoms with Crippen LogP contribution in [-0.2, 0) is 11.8 Å². The van der Waals surface area contributed by atoms with Crippen LogP contribution in [0.4, 0.5) is 10.9 Å². The van der Waals surface area contributed by atoms with E-state index in [1.165, 1.54) is 11.3 Å². The minimum absolute atomic E-state index is 0.146. The summed E-state index contributed by atoms with van der Waals surface area (Å²) in [7, 11) is 1.84. The van der Waals surface area contributed by atoms with Crippen molar-refractivity contribution in [3.05, 3.63) is 23.3 Å². The van der Waals surface area contributed by atoms with Gasteiger partial charge in [-0.1, -0.05) is 0 Å². The Morgan fingerprint density at radius 1 is 1.43 bits per heavy atom. The van der Waals surface area contributed by atoms with Crippen molar-refractivity contribution < 1.29 is 9.53 Å². The average molecular weight is 336 g/mol. The molecule has 3 heterocycles. The van der Waals surface area contributed by atoms with Crippen LogP contribution < -0.4 is 10.6 Å². The van der Waals surface area contributed by atoms with Crippen molar-refractivity contribution >= 4 is 28.2 Å². The SMILES string of the molecule is Cn1nccc1Nc1nc(C(=O)NCCN2CCOCC2)cs1. The highest BCUT2D eigenvalue weighted by atomic mass is 32.1. The molecule has 0 bridgehead atoms. The van der Waals surface area contributed by atoms with Crippen LogP contribution in [0, 0.1) is 0 Å². The van der Waals surface area contributed by atoms with Crippen LogP contribution in [0.3, 0.4) is 0 Å². The van der Waals surface area contributed by atoms with E-state index in [4.69, 9.17) is 4.74 Å². The molecule has 0 unspecified atom stereocenters. The number of aromatic nitrogens is 3. The van der Waals surface area contributed by atoms with Crippen LogP contribution in [0.15, 0.2) is 17.6 Å². The summed E-state index contributed by atoms with van der Waals surface area (Å²) in [4.78, 5) is 18.7. The van der Waals surface area contributed by atoms with Gasteiger partial charge in [0.2, 0.25) is 0 Å². The Bertz CT molecular complexity index is 649. The smallest absolute Gasteiger partial charge is 0.270 e. The number of rotatable bonds is 6. The molecule has 9 heteroatoms. The van der Waals surface area contributed by atoms with Gasteiger partial charge in [0, 0.05) is 44.7 Å². The molecule has 2 aromatic heterocycles. The van der Waals surface area contributed by atoms with Crippen LogP contribution in [0.1, 0.15) is 10.5 Å². The molecule has 0 radical (unpaired) electrons. The van der Waals surface area contributed by atoms with E-state index in [2.05, 4.69) is 25.6 Å². The van der Waals surface area contributed by atoms with Crippen molar-refractivity contribution in [3.63, 3.8) is 0 Å².